The number of nitrogens with zero attached hydrogens (tertiary/aromatic N) is 2. The maximum absolute atomic E-state index is 12.0. The minimum atomic E-state index is 0.131. The van der Waals surface area contributed by atoms with Gasteiger partial charge in [0.1, 0.15) is 0 Å². The zero-order valence-electron chi connectivity index (χ0n) is 15.1. The number of carbonyl (C=O) groups is 1. The summed E-state index contributed by atoms with van der Waals surface area (Å²) >= 11 is 0. The topological polar surface area (TPSA) is 56.7 Å². The van der Waals surface area contributed by atoms with Crippen molar-refractivity contribution in [2.75, 3.05) is 20.6 Å². The summed E-state index contributed by atoms with van der Waals surface area (Å²) in [6.45, 7) is 3.51. The van der Waals surface area contributed by atoms with E-state index in [1.807, 2.05) is 7.05 Å². The summed E-state index contributed by atoms with van der Waals surface area (Å²) in [5, 5.41) is 6.39. The number of benzene rings is 1. The summed E-state index contributed by atoms with van der Waals surface area (Å²) in [5.74, 6) is 0.943. The second-order valence-corrected chi connectivity index (χ2v) is 6.56. The van der Waals surface area contributed by atoms with E-state index in [1.54, 1.807) is 7.05 Å². The highest BCUT2D eigenvalue weighted by Crippen LogP contribution is 2.17. The van der Waals surface area contributed by atoms with Crippen molar-refractivity contribution >= 4 is 11.9 Å². The van der Waals surface area contributed by atoms with Gasteiger partial charge in [-0.25, -0.2) is 0 Å². The summed E-state index contributed by atoms with van der Waals surface area (Å²) in [6, 6.07) is 8.75. The molecule has 0 atom stereocenters. The molecule has 2 N–H and O–H groups in total. The highest BCUT2D eigenvalue weighted by Gasteiger charge is 2.17. The van der Waals surface area contributed by atoms with Gasteiger partial charge in [0.25, 0.3) is 0 Å². The van der Waals surface area contributed by atoms with Crippen LogP contribution in [0.15, 0.2) is 29.3 Å². The number of aryl methyl sites for hydroxylation is 1. The van der Waals surface area contributed by atoms with Crippen LogP contribution in [-0.2, 0) is 11.3 Å². The molecule has 1 fully saturated rings. The van der Waals surface area contributed by atoms with E-state index in [4.69, 9.17) is 0 Å². The molecule has 0 aromatic heterocycles. The number of hydrogen-bond donors (Lipinski definition) is 2. The number of amides is 1. The average Bonchev–Trinajstić information content (AvgIpc) is 3.06. The van der Waals surface area contributed by atoms with Crippen LogP contribution in [0, 0.1) is 6.92 Å². The number of guanidine groups is 1. The van der Waals surface area contributed by atoms with Gasteiger partial charge in [0, 0.05) is 39.6 Å². The maximum Gasteiger partial charge on any atom is 0.221 e. The van der Waals surface area contributed by atoms with Gasteiger partial charge >= 0.3 is 0 Å². The van der Waals surface area contributed by atoms with Crippen LogP contribution in [0.25, 0.3) is 0 Å². The smallest absolute Gasteiger partial charge is 0.221 e. The molecule has 1 aromatic carbocycles. The molecule has 0 heterocycles. The molecule has 1 aliphatic rings. The Balaban J connectivity index is 1.75. The Morgan fingerprint density at radius 3 is 2.67 bits per heavy atom. The third-order valence-electron chi connectivity index (χ3n) is 4.60. The Labute approximate surface area is 145 Å². The summed E-state index contributed by atoms with van der Waals surface area (Å²) in [4.78, 5) is 18.4. The third kappa shape index (κ3) is 5.55. The maximum atomic E-state index is 12.0. The van der Waals surface area contributed by atoms with Crippen molar-refractivity contribution in [3.05, 3.63) is 35.4 Å². The van der Waals surface area contributed by atoms with Crippen LogP contribution < -0.4 is 10.6 Å². The number of rotatable bonds is 6. The van der Waals surface area contributed by atoms with Crippen molar-refractivity contribution in [2.45, 2.75) is 51.6 Å². The van der Waals surface area contributed by atoms with Crippen LogP contribution >= 0.6 is 0 Å². The fraction of sp³-hybridized carbons (Fsp3) is 0.579. The molecule has 1 amide bonds. The van der Waals surface area contributed by atoms with Crippen LogP contribution in [-0.4, -0.2) is 43.4 Å². The Morgan fingerprint density at radius 2 is 2.00 bits per heavy atom. The normalized spacial score (nSPS) is 15.4. The Kier molecular flexibility index (Phi) is 7.09. The van der Waals surface area contributed by atoms with Crippen molar-refractivity contribution in [3.63, 3.8) is 0 Å². The molecule has 0 aliphatic heterocycles. The quantitative estimate of drug-likeness (QED) is 0.622. The van der Waals surface area contributed by atoms with Crippen molar-refractivity contribution in [2.24, 2.45) is 4.99 Å². The van der Waals surface area contributed by atoms with E-state index >= 15 is 0 Å². The SMILES string of the molecule is CN=C(NCCC(=O)NC1CCCC1)N(C)Cc1ccccc1C. The fourth-order valence-electron chi connectivity index (χ4n) is 3.16. The Morgan fingerprint density at radius 1 is 1.29 bits per heavy atom. The molecule has 0 unspecified atom stereocenters. The molecule has 0 radical (unpaired) electrons. The second-order valence-electron chi connectivity index (χ2n) is 6.56. The van der Waals surface area contributed by atoms with Crippen molar-refractivity contribution in [3.8, 4) is 0 Å². The monoisotopic (exact) mass is 330 g/mol. The number of hydrogen-bond acceptors (Lipinski definition) is 2. The van der Waals surface area contributed by atoms with Gasteiger partial charge in [0.05, 0.1) is 0 Å². The predicted octanol–water partition coefficient (Wildman–Crippen LogP) is 2.45. The lowest BCUT2D eigenvalue weighted by molar-refractivity contribution is -0.121. The molecule has 2 rings (SSSR count). The predicted molar refractivity (Wildman–Crippen MR) is 99.0 cm³/mol. The van der Waals surface area contributed by atoms with E-state index in [9.17, 15) is 4.79 Å². The molecule has 0 spiro atoms. The zero-order chi connectivity index (χ0) is 17.4. The van der Waals surface area contributed by atoms with E-state index in [0.717, 1.165) is 25.3 Å². The van der Waals surface area contributed by atoms with Crippen molar-refractivity contribution < 1.29 is 4.79 Å². The molecule has 5 heteroatoms. The first-order valence-electron chi connectivity index (χ1n) is 8.86. The first kappa shape index (κ1) is 18.3. The minimum absolute atomic E-state index is 0.131. The van der Waals surface area contributed by atoms with Gasteiger partial charge in [-0.05, 0) is 30.9 Å². The van der Waals surface area contributed by atoms with Crippen LogP contribution in [0.3, 0.4) is 0 Å². The van der Waals surface area contributed by atoms with Crippen LogP contribution in [0.5, 0.6) is 0 Å². The lowest BCUT2D eigenvalue weighted by atomic mass is 10.1. The molecular formula is C19H30N4O. The number of carbonyl (C=O) groups excluding carboxylic acids is 1. The van der Waals surface area contributed by atoms with Gasteiger partial charge in [0.15, 0.2) is 5.96 Å². The van der Waals surface area contributed by atoms with Crippen LogP contribution in [0.4, 0.5) is 0 Å². The lowest BCUT2D eigenvalue weighted by Gasteiger charge is -2.23. The molecular weight excluding hydrogens is 300 g/mol. The van der Waals surface area contributed by atoms with E-state index in [2.05, 4.69) is 51.7 Å². The molecule has 1 aromatic rings. The van der Waals surface area contributed by atoms with Gasteiger partial charge in [-0.2, -0.15) is 0 Å². The molecule has 1 saturated carbocycles. The van der Waals surface area contributed by atoms with E-state index < -0.39 is 0 Å². The van der Waals surface area contributed by atoms with Gasteiger partial charge in [-0.1, -0.05) is 37.1 Å². The molecule has 0 bridgehead atoms. The van der Waals surface area contributed by atoms with Crippen LogP contribution in [0.1, 0.15) is 43.2 Å². The molecule has 0 saturated heterocycles. The summed E-state index contributed by atoms with van der Waals surface area (Å²) in [7, 11) is 3.79. The van der Waals surface area contributed by atoms with E-state index in [-0.39, 0.29) is 5.91 Å². The largest absolute Gasteiger partial charge is 0.356 e. The zero-order valence-corrected chi connectivity index (χ0v) is 15.1. The first-order chi connectivity index (χ1) is 11.6. The average molecular weight is 330 g/mol. The fourth-order valence-corrected chi connectivity index (χ4v) is 3.16. The third-order valence-corrected chi connectivity index (χ3v) is 4.60. The Hall–Kier alpha value is -2.04. The van der Waals surface area contributed by atoms with Gasteiger partial charge in [-0.15, -0.1) is 0 Å². The summed E-state index contributed by atoms with van der Waals surface area (Å²) < 4.78 is 0. The standard InChI is InChI=1S/C19H30N4O/c1-15-8-4-5-9-16(15)14-23(3)19(20-2)21-13-12-18(24)22-17-10-6-7-11-17/h4-5,8-9,17H,6-7,10-14H2,1-3H3,(H,20,21)(H,22,24). The second kappa shape index (κ2) is 9.30. The van der Waals surface area contributed by atoms with Crippen molar-refractivity contribution in [1.29, 1.82) is 0 Å². The van der Waals surface area contributed by atoms with E-state index in [1.165, 1.54) is 24.0 Å². The molecule has 132 valence electrons. The number of aliphatic imine (C=N–C) groups is 1. The summed E-state index contributed by atoms with van der Waals surface area (Å²) in [6.07, 6.45) is 5.20. The molecule has 5 nitrogen and oxygen atoms in total. The molecule has 1 aliphatic carbocycles. The van der Waals surface area contributed by atoms with Crippen molar-refractivity contribution in [1.82, 2.24) is 15.5 Å². The summed E-state index contributed by atoms with van der Waals surface area (Å²) in [5.41, 5.74) is 2.55. The minimum Gasteiger partial charge on any atom is -0.356 e. The van der Waals surface area contributed by atoms with Gasteiger partial charge in [0.2, 0.25) is 5.91 Å². The van der Waals surface area contributed by atoms with E-state index in [0.29, 0.717) is 19.0 Å². The Bertz CT molecular complexity index is 564. The number of nitrogens with one attached hydrogen (secondary N) is 2. The lowest BCUT2D eigenvalue weighted by Crippen LogP contribution is -2.41. The van der Waals surface area contributed by atoms with Gasteiger partial charge in [-0.3, -0.25) is 9.79 Å². The van der Waals surface area contributed by atoms with Gasteiger partial charge < -0.3 is 15.5 Å². The first-order valence-corrected chi connectivity index (χ1v) is 8.86. The highest BCUT2D eigenvalue weighted by molar-refractivity contribution is 5.81. The highest BCUT2D eigenvalue weighted by atomic mass is 16.1. The molecule has 24 heavy (non-hydrogen) atoms. The van der Waals surface area contributed by atoms with Crippen LogP contribution in [0.2, 0.25) is 0 Å².